The minimum absolute atomic E-state index is 0.189. The SMILES string of the molecule is CC1CCC(c2ccc(COC(=O)C(C#N)=C3SCC(C4CCC(C)CC4)CS3)cc2)CC1. The van der Waals surface area contributed by atoms with E-state index in [9.17, 15) is 10.1 Å². The molecular weight excluding hydrogens is 446 g/mol. The second-order valence-corrected chi connectivity index (χ2v) is 12.8. The minimum atomic E-state index is -0.484. The zero-order valence-corrected chi connectivity index (χ0v) is 21.7. The Balaban J connectivity index is 1.27. The topological polar surface area (TPSA) is 50.1 Å². The quantitative estimate of drug-likeness (QED) is 0.244. The molecule has 1 aliphatic heterocycles. The first-order valence-corrected chi connectivity index (χ1v) is 14.7. The summed E-state index contributed by atoms with van der Waals surface area (Å²) in [6, 6.07) is 10.6. The average molecular weight is 484 g/mol. The molecule has 0 spiro atoms. The van der Waals surface area contributed by atoms with Crippen molar-refractivity contribution in [1.82, 2.24) is 0 Å². The molecule has 3 aliphatic rings. The van der Waals surface area contributed by atoms with Gasteiger partial charge in [-0.05, 0) is 66.4 Å². The van der Waals surface area contributed by atoms with Gasteiger partial charge in [-0.1, -0.05) is 63.8 Å². The van der Waals surface area contributed by atoms with Crippen LogP contribution in [0.25, 0.3) is 0 Å². The summed E-state index contributed by atoms with van der Waals surface area (Å²) >= 11 is 3.37. The molecule has 0 atom stereocenters. The van der Waals surface area contributed by atoms with E-state index in [4.69, 9.17) is 4.74 Å². The van der Waals surface area contributed by atoms with Gasteiger partial charge in [0.25, 0.3) is 0 Å². The number of hydrogen-bond acceptors (Lipinski definition) is 5. The van der Waals surface area contributed by atoms with Crippen LogP contribution in [0.3, 0.4) is 0 Å². The molecule has 1 aromatic rings. The van der Waals surface area contributed by atoms with Gasteiger partial charge in [-0.15, -0.1) is 23.5 Å². The fraction of sp³-hybridized carbons (Fsp3) is 0.643. The van der Waals surface area contributed by atoms with Gasteiger partial charge in [0, 0.05) is 11.5 Å². The van der Waals surface area contributed by atoms with Gasteiger partial charge in [-0.3, -0.25) is 0 Å². The van der Waals surface area contributed by atoms with Crippen molar-refractivity contribution >= 4 is 29.5 Å². The van der Waals surface area contributed by atoms with Crippen LogP contribution in [-0.2, 0) is 16.1 Å². The minimum Gasteiger partial charge on any atom is -0.457 e. The third-order valence-corrected chi connectivity index (χ3v) is 10.8. The van der Waals surface area contributed by atoms with E-state index in [2.05, 4.69) is 44.2 Å². The number of nitriles is 1. The molecule has 1 heterocycles. The van der Waals surface area contributed by atoms with Gasteiger partial charge in [0.05, 0.1) is 4.24 Å². The molecule has 0 unspecified atom stereocenters. The van der Waals surface area contributed by atoms with Crippen LogP contribution in [0.2, 0.25) is 0 Å². The summed E-state index contributed by atoms with van der Waals surface area (Å²) < 4.78 is 6.39. The highest BCUT2D eigenvalue weighted by atomic mass is 32.2. The van der Waals surface area contributed by atoms with Gasteiger partial charge in [-0.25, -0.2) is 4.79 Å². The molecule has 4 rings (SSSR count). The van der Waals surface area contributed by atoms with Crippen molar-refractivity contribution in [3.05, 3.63) is 45.2 Å². The summed E-state index contributed by atoms with van der Waals surface area (Å²) in [5.74, 6) is 5.43. The highest BCUT2D eigenvalue weighted by Crippen LogP contribution is 2.45. The molecular formula is C28H37NO2S2. The van der Waals surface area contributed by atoms with Gasteiger partial charge in [-0.2, -0.15) is 5.26 Å². The number of nitrogens with zero attached hydrogens (tertiary/aromatic N) is 1. The molecule has 1 saturated heterocycles. The van der Waals surface area contributed by atoms with Crippen molar-refractivity contribution in [2.45, 2.75) is 77.7 Å². The van der Waals surface area contributed by atoms with Gasteiger partial charge >= 0.3 is 5.97 Å². The Labute approximate surface area is 208 Å². The van der Waals surface area contributed by atoms with Crippen LogP contribution in [-0.4, -0.2) is 17.5 Å². The number of carbonyl (C=O) groups is 1. The lowest BCUT2D eigenvalue weighted by Crippen LogP contribution is -2.26. The van der Waals surface area contributed by atoms with Crippen LogP contribution in [0.5, 0.6) is 0 Å². The van der Waals surface area contributed by atoms with Crippen LogP contribution in [0, 0.1) is 35.0 Å². The summed E-state index contributed by atoms with van der Waals surface area (Å²) in [7, 11) is 0. The zero-order valence-electron chi connectivity index (χ0n) is 20.1. The van der Waals surface area contributed by atoms with E-state index in [0.717, 1.165) is 39.1 Å². The maximum atomic E-state index is 12.7. The Morgan fingerprint density at radius 2 is 1.48 bits per heavy atom. The summed E-state index contributed by atoms with van der Waals surface area (Å²) in [6.07, 6.45) is 10.5. The van der Waals surface area contributed by atoms with Crippen molar-refractivity contribution in [2.75, 3.05) is 11.5 Å². The molecule has 3 fully saturated rings. The van der Waals surface area contributed by atoms with Crippen molar-refractivity contribution in [3.8, 4) is 6.07 Å². The smallest absolute Gasteiger partial charge is 0.350 e. The number of carbonyl (C=O) groups excluding carboxylic acids is 1. The first kappa shape index (κ1) is 24.7. The second-order valence-electron chi connectivity index (χ2n) is 10.5. The Hall–Kier alpha value is -1.38. The molecule has 0 bridgehead atoms. The van der Waals surface area contributed by atoms with Gasteiger partial charge in [0.15, 0.2) is 5.57 Å². The summed E-state index contributed by atoms with van der Waals surface area (Å²) in [6.45, 7) is 4.92. The number of hydrogen-bond donors (Lipinski definition) is 0. The van der Waals surface area contributed by atoms with Crippen LogP contribution >= 0.6 is 23.5 Å². The maximum Gasteiger partial charge on any atom is 0.350 e. The first-order chi connectivity index (χ1) is 16.0. The molecule has 5 heteroatoms. The van der Waals surface area contributed by atoms with E-state index in [1.165, 1.54) is 56.9 Å². The fourth-order valence-electron chi connectivity index (χ4n) is 5.50. The third kappa shape index (κ3) is 6.61. The zero-order chi connectivity index (χ0) is 23.2. The molecule has 3 nitrogen and oxygen atoms in total. The second kappa shape index (κ2) is 11.8. The molecule has 1 aromatic carbocycles. The lowest BCUT2D eigenvalue weighted by Gasteiger charge is -2.35. The lowest BCUT2D eigenvalue weighted by molar-refractivity contribution is -0.139. The molecule has 2 aliphatic carbocycles. The van der Waals surface area contributed by atoms with E-state index in [-0.39, 0.29) is 12.2 Å². The number of rotatable bonds is 5. The van der Waals surface area contributed by atoms with Crippen LogP contribution < -0.4 is 0 Å². The highest BCUT2D eigenvalue weighted by Gasteiger charge is 2.31. The van der Waals surface area contributed by atoms with Crippen LogP contribution in [0.4, 0.5) is 0 Å². The molecule has 2 saturated carbocycles. The van der Waals surface area contributed by atoms with Crippen molar-refractivity contribution < 1.29 is 9.53 Å². The van der Waals surface area contributed by atoms with Crippen molar-refractivity contribution in [3.63, 3.8) is 0 Å². The molecule has 0 amide bonds. The third-order valence-electron chi connectivity index (χ3n) is 7.94. The van der Waals surface area contributed by atoms with Gasteiger partial charge in [0.2, 0.25) is 0 Å². The number of ether oxygens (including phenoxy) is 1. The Kier molecular flexibility index (Phi) is 8.88. The predicted molar refractivity (Wildman–Crippen MR) is 139 cm³/mol. The molecule has 0 N–H and O–H groups in total. The van der Waals surface area contributed by atoms with Gasteiger partial charge in [0.1, 0.15) is 12.7 Å². The van der Waals surface area contributed by atoms with Crippen molar-refractivity contribution in [2.24, 2.45) is 23.7 Å². The van der Waals surface area contributed by atoms with Gasteiger partial charge < -0.3 is 4.74 Å². The Bertz CT molecular complexity index is 862. The van der Waals surface area contributed by atoms with E-state index >= 15 is 0 Å². The van der Waals surface area contributed by atoms with Crippen molar-refractivity contribution in [1.29, 1.82) is 5.26 Å². The van der Waals surface area contributed by atoms with E-state index in [1.54, 1.807) is 23.5 Å². The van der Waals surface area contributed by atoms with E-state index in [1.807, 2.05) is 0 Å². The fourth-order valence-corrected chi connectivity index (χ4v) is 8.45. The Morgan fingerprint density at radius 3 is 2.06 bits per heavy atom. The number of thioether (sulfide) groups is 2. The monoisotopic (exact) mass is 483 g/mol. The number of benzene rings is 1. The summed E-state index contributed by atoms with van der Waals surface area (Å²) in [4.78, 5) is 12.7. The normalized spacial score (nSPS) is 30.3. The largest absolute Gasteiger partial charge is 0.457 e. The highest BCUT2D eigenvalue weighted by molar-refractivity contribution is 8.22. The van der Waals surface area contributed by atoms with E-state index in [0.29, 0.717) is 11.8 Å². The Morgan fingerprint density at radius 1 is 0.909 bits per heavy atom. The molecule has 0 aromatic heterocycles. The maximum absolute atomic E-state index is 12.7. The lowest BCUT2D eigenvalue weighted by atomic mass is 9.77. The van der Waals surface area contributed by atoms with Crippen LogP contribution in [0.15, 0.2) is 34.1 Å². The number of esters is 1. The molecule has 178 valence electrons. The van der Waals surface area contributed by atoms with E-state index < -0.39 is 5.97 Å². The summed E-state index contributed by atoms with van der Waals surface area (Å²) in [5, 5.41) is 9.65. The summed E-state index contributed by atoms with van der Waals surface area (Å²) in [5.41, 5.74) is 2.57. The van der Waals surface area contributed by atoms with Crippen LogP contribution in [0.1, 0.15) is 82.3 Å². The standard InChI is InChI=1S/C28H37NO2S2/c1-19-3-9-22(10-4-19)23-13-7-21(8-14-23)16-31-27(30)26(15-29)28-32-17-25(18-33-28)24-11-5-20(2)6-12-24/h7-8,13-14,19-20,22,24-25H,3-6,9-12,16-18H2,1-2H3. The predicted octanol–water partition coefficient (Wildman–Crippen LogP) is 7.68. The average Bonchev–Trinajstić information content (AvgIpc) is 2.85. The molecule has 0 radical (unpaired) electrons. The first-order valence-electron chi connectivity index (χ1n) is 12.7. The molecule has 33 heavy (non-hydrogen) atoms.